The number of carbonyl (C=O) groups is 1. The van der Waals surface area contributed by atoms with Gasteiger partial charge in [0.2, 0.25) is 0 Å². The predicted octanol–water partition coefficient (Wildman–Crippen LogP) is 3.34. The molecule has 1 aliphatic rings. The largest absolute Gasteiger partial charge is 0.379 e. The predicted molar refractivity (Wildman–Crippen MR) is 121 cm³/mol. The summed E-state index contributed by atoms with van der Waals surface area (Å²) in [5, 5.41) is 6.27. The van der Waals surface area contributed by atoms with Crippen LogP contribution in [0.4, 0.5) is 11.5 Å². The van der Waals surface area contributed by atoms with E-state index in [2.05, 4.69) is 25.5 Å². The number of nitrogens with one attached hydrogen (secondary N) is 2. The molecule has 2 N–H and O–H groups in total. The van der Waals surface area contributed by atoms with Gasteiger partial charge in [0.15, 0.2) is 5.82 Å². The number of nitrogens with zero attached hydrogens (tertiary/aromatic N) is 3. The first kappa shape index (κ1) is 21.0. The fraction of sp³-hybridized carbons (Fsp3) is 0.292. The lowest BCUT2D eigenvalue weighted by Gasteiger charge is -2.26. The maximum atomic E-state index is 12.4. The SMILES string of the molecule is O=C(NCCCN1CCOCC1)c1ccc(Nc2ccnc(-c3ccccc3)n2)cc1. The molecular weight excluding hydrogens is 390 g/mol. The lowest BCUT2D eigenvalue weighted by Crippen LogP contribution is -2.38. The summed E-state index contributed by atoms with van der Waals surface area (Å²) in [6.45, 7) is 5.20. The first-order chi connectivity index (χ1) is 15.3. The number of hydrogen-bond donors (Lipinski definition) is 2. The molecule has 2 aromatic carbocycles. The Labute approximate surface area is 182 Å². The van der Waals surface area contributed by atoms with Crippen LogP contribution in [0.15, 0.2) is 66.9 Å². The van der Waals surface area contributed by atoms with Crippen molar-refractivity contribution in [3.63, 3.8) is 0 Å². The van der Waals surface area contributed by atoms with E-state index in [9.17, 15) is 4.79 Å². The third kappa shape index (κ3) is 6.10. The topological polar surface area (TPSA) is 79.4 Å². The van der Waals surface area contributed by atoms with E-state index in [0.29, 0.717) is 23.8 Å². The molecule has 0 saturated carbocycles. The van der Waals surface area contributed by atoms with E-state index >= 15 is 0 Å². The summed E-state index contributed by atoms with van der Waals surface area (Å²) in [5.41, 5.74) is 2.47. The van der Waals surface area contributed by atoms with Gasteiger partial charge in [0, 0.05) is 42.6 Å². The van der Waals surface area contributed by atoms with Crippen LogP contribution >= 0.6 is 0 Å². The second-order valence-electron chi connectivity index (χ2n) is 7.40. The summed E-state index contributed by atoms with van der Waals surface area (Å²) < 4.78 is 5.35. The molecule has 2 heterocycles. The van der Waals surface area contributed by atoms with E-state index in [4.69, 9.17) is 4.74 Å². The van der Waals surface area contributed by atoms with Crippen LogP contribution in [0, 0.1) is 0 Å². The van der Waals surface area contributed by atoms with E-state index in [-0.39, 0.29) is 5.91 Å². The Morgan fingerprint density at radius 2 is 1.77 bits per heavy atom. The zero-order chi connectivity index (χ0) is 21.3. The summed E-state index contributed by atoms with van der Waals surface area (Å²) in [5.74, 6) is 1.31. The van der Waals surface area contributed by atoms with Gasteiger partial charge in [-0.15, -0.1) is 0 Å². The van der Waals surface area contributed by atoms with Gasteiger partial charge in [-0.05, 0) is 43.3 Å². The highest BCUT2D eigenvalue weighted by atomic mass is 16.5. The smallest absolute Gasteiger partial charge is 0.251 e. The van der Waals surface area contributed by atoms with Crippen LogP contribution in [0.1, 0.15) is 16.8 Å². The molecule has 3 aromatic rings. The van der Waals surface area contributed by atoms with Crippen molar-refractivity contribution in [3.8, 4) is 11.4 Å². The highest BCUT2D eigenvalue weighted by molar-refractivity contribution is 5.94. The van der Waals surface area contributed by atoms with Crippen LogP contribution in [0.3, 0.4) is 0 Å². The zero-order valence-electron chi connectivity index (χ0n) is 17.5. The number of benzene rings is 2. The summed E-state index contributed by atoms with van der Waals surface area (Å²) in [6, 6.07) is 19.1. The molecule has 1 aromatic heterocycles. The fourth-order valence-electron chi connectivity index (χ4n) is 3.44. The maximum Gasteiger partial charge on any atom is 0.251 e. The molecule has 0 bridgehead atoms. The molecule has 1 saturated heterocycles. The number of ether oxygens (including phenoxy) is 1. The van der Waals surface area contributed by atoms with Crippen molar-refractivity contribution in [3.05, 3.63) is 72.4 Å². The lowest BCUT2D eigenvalue weighted by molar-refractivity contribution is 0.0374. The average Bonchev–Trinajstić information content (AvgIpc) is 2.84. The molecule has 0 atom stereocenters. The first-order valence-electron chi connectivity index (χ1n) is 10.6. The van der Waals surface area contributed by atoms with Gasteiger partial charge in [-0.1, -0.05) is 30.3 Å². The van der Waals surface area contributed by atoms with Crippen LogP contribution < -0.4 is 10.6 Å². The lowest BCUT2D eigenvalue weighted by atomic mass is 10.2. The van der Waals surface area contributed by atoms with Crippen LogP contribution in [-0.2, 0) is 4.74 Å². The normalized spacial score (nSPS) is 14.2. The van der Waals surface area contributed by atoms with E-state index in [1.165, 1.54) is 0 Å². The number of carbonyl (C=O) groups excluding carboxylic acids is 1. The molecule has 0 radical (unpaired) electrons. The Morgan fingerprint density at radius 1 is 1.00 bits per heavy atom. The Hall–Kier alpha value is -3.29. The van der Waals surface area contributed by atoms with Crippen molar-refractivity contribution < 1.29 is 9.53 Å². The van der Waals surface area contributed by atoms with Gasteiger partial charge in [-0.25, -0.2) is 9.97 Å². The molecule has 0 spiro atoms. The second-order valence-corrected chi connectivity index (χ2v) is 7.40. The Morgan fingerprint density at radius 3 is 2.55 bits per heavy atom. The minimum atomic E-state index is -0.0538. The van der Waals surface area contributed by atoms with Gasteiger partial charge in [-0.3, -0.25) is 9.69 Å². The molecule has 160 valence electrons. The molecule has 7 nitrogen and oxygen atoms in total. The fourth-order valence-corrected chi connectivity index (χ4v) is 3.44. The molecule has 1 fully saturated rings. The Bertz CT molecular complexity index is 973. The average molecular weight is 418 g/mol. The number of aromatic nitrogens is 2. The standard InChI is InChI=1S/C24H27N5O2/c30-24(26-12-4-14-29-15-17-31-18-16-29)20-7-9-21(10-8-20)27-22-11-13-25-23(28-22)19-5-2-1-3-6-19/h1-3,5-11,13H,4,12,14-18H2,(H,26,30)(H,25,27,28). The number of rotatable bonds is 8. The summed E-state index contributed by atoms with van der Waals surface area (Å²) >= 11 is 0. The second kappa shape index (κ2) is 10.7. The van der Waals surface area contributed by atoms with Crippen molar-refractivity contribution in [1.82, 2.24) is 20.2 Å². The zero-order valence-corrected chi connectivity index (χ0v) is 17.5. The van der Waals surface area contributed by atoms with Crippen molar-refractivity contribution in [2.24, 2.45) is 0 Å². The number of amides is 1. The van der Waals surface area contributed by atoms with Crippen molar-refractivity contribution in [2.75, 3.05) is 44.7 Å². The van der Waals surface area contributed by atoms with Crippen molar-refractivity contribution >= 4 is 17.4 Å². The third-order valence-corrected chi connectivity index (χ3v) is 5.15. The summed E-state index contributed by atoms with van der Waals surface area (Å²) in [7, 11) is 0. The van der Waals surface area contributed by atoms with Gasteiger partial charge < -0.3 is 15.4 Å². The van der Waals surface area contributed by atoms with E-state index in [1.807, 2.05) is 60.7 Å². The minimum absolute atomic E-state index is 0.0538. The summed E-state index contributed by atoms with van der Waals surface area (Å²) in [6.07, 6.45) is 2.67. The number of morpholine rings is 1. The van der Waals surface area contributed by atoms with E-state index in [1.54, 1.807) is 6.20 Å². The molecule has 7 heteroatoms. The molecular formula is C24H27N5O2. The van der Waals surface area contributed by atoms with Crippen LogP contribution in [0.2, 0.25) is 0 Å². The highest BCUT2D eigenvalue weighted by Crippen LogP contribution is 2.19. The van der Waals surface area contributed by atoms with Crippen LogP contribution in [0.5, 0.6) is 0 Å². The van der Waals surface area contributed by atoms with Gasteiger partial charge >= 0.3 is 0 Å². The Balaban J connectivity index is 1.27. The van der Waals surface area contributed by atoms with Gasteiger partial charge in [0.05, 0.1) is 13.2 Å². The molecule has 0 unspecified atom stereocenters. The molecule has 0 aliphatic carbocycles. The van der Waals surface area contributed by atoms with Gasteiger partial charge in [0.1, 0.15) is 5.82 Å². The number of anilines is 2. The quantitative estimate of drug-likeness (QED) is 0.548. The van der Waals surface area contributed by atoms with E-state index in [0.717, 1.165) is 50.5 Å². The highest BCUT2D eigenvalue weighted by Gasteiger charge is 2.10. The molecule has 1 amide bonds. The van der Waals surface area contributed by atoms with E-state index < -0.39 is 0 Å². The first-order valence-corrected chi connectivity index (χ1v) is 10.6. The maximum absolute atomic E-state index is 12.4. The van der Waals surface area contributed by atoms with Gasteiger partial charge in [0.25, 0.3) is 5.91 Å². The molecule has 31 heavy (non-hydrogen) atoms. The van der Waals surface area contributed by atoms with Crippen LogP contribution in [-0.4, -0.2) is 60.2 Å². The summed E-state index contributed by atoms with van der Waals surface area (Å²) in [4.78, 5) is 23.7. The van der Waals surface area contributed by atoms with Gasteiger partial charge in [-0.2, -0.15) is 0 Å². The minimum Gasteiger partial charge on any atom is -0.379 e. The third-order valence-electron chi connectivity index (χ3n) is 5.15. The molecule has 1 aliphatic heterocycles. The van der Waals surface area contributed by atoms with Crippen LogP contribution in [0.25, 0.3) is 11.4 Å². The Kier molecular flexibility index (Phi) is 7.20. The van der Waals surface area contributed by atoms with Crippen molar-refractivity contribution in [1.29, 1.82) is 0 Å². The monoisotopic (exact) mass is 417 g/mol. The van der Waals surface area contributed by atoms with Crippen molar-refractivity contribution in [2.45, 2.75) is 6.42 Å². The number of hydrogen-bond acceptors (Lipinski definition) is 6. The molecule has 4 rings (SSSR count).